The van der Waals surface area contributed by atoms with Gasteiger partial charge in [0.15, 0.2) is 16.3 Å². The molecule has 8 heteroatoms. The summed E-state index contributed by atoms with van der Waals surface area (Å²) in [7, 11) is 0. The summed E-state index contributed by atoms with van der Waals surface area (Å²) in [6, 6.07) is 0. The molecule has 0 radical (unpaired) electrons. The first-order chi connectivity index (χ1) is 9.43. The average Bonchev–Trinajstić information content (AvgIpc) is 2.77. The minimum Gasteiger partial charge on any atom is -0.396 e. The van der Waals surface area contributed by atoms with Crippen molar-refractivity contribution in [3.63, 3.8) is 0 Å². The number of aliphatic hydroxyl groups is 1. The molecule has 0 bridgehead atoms. The van der Waals surface area contributed by atoms with E-state index in [2.05, 4.69) is 34.1 Å². The topological polar surface area (TPSA) is 103 Å². The van der Waals surface area contributed by atoms with E-state index in [-0.39, 0.29) is 23.1 Å². The van der Waals surface area contributed by atoms with Crippen molar-refractivity contribution >= 4 is 28.7 Å². The van der Waals surface area contributed by atoms with Gasteiger partial charge in [0, 0.05) is 13.2 Å². The molecule has 2 aromatic rings. The number of rotatable bonds is 3. The predicted molar refractivity (Wildman–Crippen MR) is 75.0 cm³/mol. The van der Waals surface area contributed by atoms with Crippen LogP contribution in [-0.2, 0) is 6.54 Å². The molecule has 0 amide bonds. The lowest BCUT2D eigenvalue weighted by Gasteiger charge is -2.51. The Labute approximate surface area is 121 Å². The molecule has 20 heavy (non-hydrogen) atoms. The maximum atomic E-state index is 9.32. The summed E-state index contributed by atoms with van der Waals surface area (Å²) in [6.07, 6.45) is 0.971. The highest BCUT2D eigenvalue weighted by Gasteiger charge is 2.47. The van der Waals surface area contributed by atoms with Gasteiger partial charge in [-0.25, -0.2) is 4.68 Å². The Bertz CT molecular complexity index is 655. The van der Waals surface area contributed by atoms with Gasteiger partial charge in [0.05, 0.1) is 0 Å². The maximum Gasteiger partial charge on any atom is 0.223 e. The van der Waals surface area contributed by atoms with Crippen LogP contribution in [-0.4, -0.2) is 36.7 Å². The molecule has 0 unspecified atom stereocenters. The first-order valence-corrected chi connectivity index (χ1v) is 6.94. The van der Waals surface area contributed by atoms with Crippen LogP contribution in [0.4, 0.5) is 5.95 Å². The zero-order valence-corrected chi connectivity index (χ0v) is 12.2. The standard InChI is InChI=1S/C12H17ClN6O/c1-12(2)6(3-7(12)5-20)4-19-10-8(17-18-19)9(13)15-11(14)16-10/h6-7,20H,3-5H2,1-2H3,(H2,14,15,16)/t6-,7+/m1/s1. The van der Waals surface area contributed by atoms with Crippen LogP contribution in [0.5, 0.6) is 0 Å². The fourth-order valence-corrected chi connectivity index (χ4v) is 3.12. The molecule has 2 atom stereocenters. The highest BCUT2D eigenvalue weighted by Crippen LogP contribution is 2.51. The molecule has 3 N–H and O–H groups in total. The highest BCUT2D eigenvalue weighted by molar-refractivity contribution is 6.33. The quantitative estimate of drug-likeness (QED) is 0.823. The molecular weight excluding hydrogens is 280 g/mol. The summed E-state index contributed by atoms with van der Waals surface area (Å²) in [4.78, 5) is 8.03. The van der Waals surface area contributed by atoms with E-state index in [9.17, 15) is 5.11 Å². The van der Waals surface area contributed by atoms with Crippen LogP contribution < -0.4 is 5.73 Å². The molecule has 0 aliphatic heterocycles. The number of hydrogen-bond acceptors (Lipinski definition) is 6. The molecule has 0 spiro atoms. The van der Waals surface area contributed by atoms with E-state index in [1.54, 1.807) is 4.68 Å². The number of nitrogens with two attached hydrogens (primary N) is 1. The smallest absolute Gasteiger partial charge is 0.223 e. The first kappa shape index (κ1) is 13.5. The fraction of sp³-hybridized carbons (Fsp3) is 0.667. The van der Waals surface area contributed by atoms with Gasteiger partial charge < -0.3 is 10.8 Å². The number of halogens is 1. The van der Waals surface area contributed by atoms with Crippen molar-refractivity contribution < 1.29 is 5.11 Å². The van der Waals surface area contributed by atoms with Crippen molar-refractivity contribution in [1.29, 1.82) is 0 Å². The van der Waals surface area contributed by atoms with Crippen molar-refractivity contribution in [1.82, 2.24) is 25.0 Å². The second kappa shape index (κ2) is 4.53. The molecule has 1 aliphatic carbocycles. The number of nitrogen functional groups attached to an aromatic ring is 1. The second-order valence-corrected chi connectivity index (χ2v) is 6.31. The molecule has 0 aromatic carbocycles. The van der Waals surface area contributed by atoms with Crippen molar-refractivity contribution in [2.45, 2.75) is 26.8 Å². The minimum atomic E-state index is 0.0788. The van der Waals surface area contributed by atoms with Gasteiger partial charge in [0.1, 0.15) is 0 Å². The van der Waals surface area contributed by atoms with Gasteiger partial charge in [0.2, 0.25) is 5.95 Å². The predicted octanol–water partition coefficient (Wildman–Crippen LogP) is 1.11. The number of anilines is 1. The number of aromatic nitrogens is 5. The summed E-state index contributed by atoms with van der Waals surface area (Å²) in [5.41, 5.74) is 6.73. The Morgan fingerprint density at radius 3 is 2.80 bits per heavy atom. The van der Waals surface area contributed by atoms with Crippen molar-refractivity contribution in [3.05, 3.63) is 5.15 Å². The van der Waals surface area contributed by atoms with Gasteiger partial charge in [-0.3, -0.25) is 0 Å². The van der Waals surface area contributed by atoms with E-state index in [0.717, 1.165) is 6.42 Å². The van der Waals surface area contributed by atoms with E-state index in [1.165, 1.54) is 0 Å². The van der Waals surface area contributed by atoms with Crippen LogP contribution in [0.25, 0.3) is 11.2 Å². The fourth-order valence-electron chi connectivity index (χ4n) is 2.91. The normalized spacial score (nSPS) is 24.8. The number of aliphatic hydroxyl groups excluding tert-OH is 1. The summed E-state index contributed by atoms with van der Waals surface area (Å²) >= 11 is 5.98. The third kappa shape index (κ3) is 1.92. The Morgan fingerprint density at radius 2 is 2.15 bits per heavy atom. The van der Waals surface area contributed by atoms with E-state index >= 15 is 0 Å². The molecule has 1 aliphatic rings. The largest absolute Gasteiger partial charge is 0.396 e. The molecule has 2 aromatic heterocycles. The van der Waals surface area contributed by atoms with Crippen LogP contribution in [0.1, 0.15) is 20.3 Å². The summed E-state index contributed by atoms with van der Waals surface area (Å²) < 4.78 is 1.72. The molecule has 1 fully saturated rings. The van der Waals surface area contributed by atoms with Gasteiger partial charge in [-0.1, -0.05) is 30.7 Å². The lowest BCUT2D eigenvalue weighted by atomic mass is 9.55. The zero-order valence-electron chi connectivity index (χ0n) is 11.4. The molecule has 0 saturated heterocycles. The van der Waals surface area contributed by atoms with Crippen LogP contribution in [0.3, 0.4) is 0 Å². The van der Waals surface area contributed by atoms with Gasteiger partial charge >= 0.3 is 0 Å². The zero-order chi connectivity index (χ0) is 14.5. The van der Waals surface area contributed by atoms with E-state index < -0.39 is 0 Å². The maximum absolute atomic E-state index is 9.32. The molecule has 3 rings (SSSR count). The number of hydrogen-bond donors (Lipinski definition) is 2. The van der Waals surface area contributed by atoms with Crippen LogP contribution >= 0.6 is 11.6 Å². The average molecular weight is 297 g/mol. The molecular formula is C12H17ClN6O. The summed E-state index contributed by atoms with van der Waals surface area (Å²) in [5.74, 6) is 0.872. The van der Waals surface area contributed by atoms with E-state index in [4.69, 9.17) is 17.3 Å². The van der Waals surface area contributed by atoms with Crippen molar-refractivity contribution in [3.8, 4) is 0 Å². The summed E-state index contributed by atoms with van der Waals surface area (Å²) in [5, 5.41) is 17.6. The first-order valence-electron chi connectivity index (χ1n) is 6.56. The molecule has 1 saturated carbocycles. The lowest BCUT2D eigenvalue weighted by molar-refractivity contribution is -0.0607. The number of nitrogens with zero attached hydrogens (tertiary/aromatic N) is 5. The molecule has 2 heterocycles. The van der Waals surface area contributed by atoms with Gasteiger partial charge in [-0.15, -0.1) is 5.10 Å². The lowest BCUT2D eigenvalue weighted by Crippen LogP contribution is -2.48. The Balaban J connectivity index is 1.89. The highest BCUT2D eigenvalue weighted by atomic mass is 35.5. The van der Waals surface area contributed by atoms with Gasteiger partial charge in [-0.05, 0) is 23.7 Å². The van der Waals surface area contributed by atoms with Crippen LogP contribution in [0.2, 0.25) is 5.15 Å². The third-order valence-electron chi connectivity index (χ3n) is 4.62. The Kier molecular flexibility index (Phi) is 3.06. The van der Waals surface area contributed by atoms with Crippen molar-refractivity contribution in [2.75, 3.05) is 12.3 Å². The Morgan fingerprint density at radius 1 is 1.40 bits per heavy atom. The second-order valence-electron chi connectivity index (χ2n) is 5.95. The van der Waals surface area contributed by atoms with Crippen LogP contribution in [0, 0.1) is 17.3 Å². The van der Waals surface area contributed by atoms with E-state index in [1.807, 2.05) is 0 Å². The molecule has 7 nitrogen and oxygen atoms in total. The van der Waals surface area contributed by atoms with Crippen LogP contribution in [0.15, 0.2) is 0 Å². The minimum absolute atomic E-state index is 0.0788. The third-order valence-corrected chi connectivity index (χ3v) is 4.89. The SMILES string of the molecule is CC1(C)[C@H](CO)C[C@@H]1Cn1nnc2c(Cl)nc(N)nc21. The van der Waals surface area contributed by atoms with Gasteiger partial charge in [0.25, 0.3) is 0 Å². The van der Waals surface area contributed by atoms with E-state index in [0.29, 0.717) is 29.5 Å². The monoisotopic (exact) mass is 296 g/mol. The van der Waals surface area contributed by atoms with Gasteiger partial charge in [-0.2, -0.15) is 9.97 Å². The van der Waals surface area contributed by atoms with Crippen molar-refractivity contribution in [2.24, 2.45) is 17.3 Å². The summed E-state index contributed by atoms with van der Waals surface area (Å²) in [6.45, 7) is 5.24. The molecule has 108 valence electrons. The number of fused-ring (bicyclic) bond motifs is 1. The Hall–Kier alpha value is -1.47.